The normalized spacial score (nSPS) is 15.7. The van der Waals surface area contributed by atoms with Crippen LogP contribution in [-0.2, 0) is 4.79 Å². The van der Waals surface area contributed by atoms with Crippen molar-refractivity contribution in [3.63, 3.8) is 0 Å². The molecule has 0 bridgehead atoms. The first-order valence-corrected chi connectivity index (χ1v) is 6.70. The van der Waals surface area contributed by atoms with Crippen LogP contribution in [0.4, 0.5) is 0 Å². The Morgan fingerprint density at radius 1 is 1.35 bits per heavy atom. The predicted octanol–water partition coefficient (Wildman–Crippen LogP) is 0.474. The first-order chi connectivity index (χ1) is 9.52. The Balaban J connectivity index is 2.17. The van der Waals surface area contributed by atoms with E-state index in [1.54, 1.807) is 6.08 Å². The second-order valence-electron chi connectivity index (χ2n) is 4.45. The molecule has 3 rings (SSSR count). The molecule has 5 nitrogen and oxygen atoms in total. The van der Waals surface area contributed by atoms with Gasteiger partial charge in [0.2, 0.25) is 5.88 Å². The van der Waals surface area contributed by atoms with Crippen molar-refractivity contribution >= 4 is 29.4 Å². The van der Waals surface area contributed by atoms with Gasteiger partial charge >= 0.3 is 4.87 Å². The third-order valence-electron chi connectivity index (χ3n) is 2.91. The van der Waals surface area contributed by atoms with Crippen LogP contribution in [0.5, 0.6) is 5.88 Å². The van der Waals surface area contributed by atoms with E-state index in [2.05, 4.69) is 9.98 Å². The molecule has 0 saturated carbocycles. The van der Waals surface area contributed by atoms with Crippen LogP contribution in [-0.4, -0.2) is 16.0 Å². The highest BCUT2D eigenvalue weighted by molar-refractivity contribution is 7.10. The Bertz CT molecular complexity index is 919. The molecule has 100 valence electrons. The topological polar surface area (TPSA) is 82.5 Å². The molecule has 0 spiro atoms. The molecule has 0 unspecified atom stereocenters. The number of aromatic amines is 1. The summed E-state index contributed by atoms with van der Waals surface area (Å²) in [6.07, 6.45) is 3.17. The Morgan fingerprint density at radius 3 is 2.85 bits per heavy atom. The number of carbonyl (C=O) groups excluding carboxylic acids is 1. The number of aryl methyl sites for hydroxylation is 1. The third-order valence-corrected chi connectivity index (χ3v) is 3.73. The number of H-pyrrole nitrogens is 1. The van der Waals surface area contributed by atoms with Gasteiger partial charge in [-0.05, 0) is 30.7 Å². The third kappa shape index (κ3) is 2.21. The molecule has 1 aromatic heterocycles. The van der Waals surface area contributed by atoms with Gasteiger partial charge in [0.15, 0.2) is 0 Å². The summed E-state index contributed by atoms with van der Waals surface area (Å²) in [5, 5.41) is 11.0. The number of nitrogens with zero attached hydrogens (tertiary/aromatic N) is 1. The summed E-state index contributed by atoms with van der Waals surface area (Å²) < 4.78 is 0. The molecular formula is C14H10N2O3S. The highest BCUT2D eigenvalue weighted by atomic mass is 32.1. The number of hydrogen-bond acceptors (Lipinski definition) is 4. The molecule has 1 amide bonds. The minimum atomic E-state index is -0.386. The first kappa shape index (κ1) is 12.6. The largest absolute Gasteiger partial charge is 0.493 e. The van der Waals surface area contributed by atoms with Crippen LogP contribution in [0.2, 0.25) is 0 Å². The van der Waals surface area contributed by atoms with Gasteiger partial charge in [-0.1, -0.05) is 23.5 Å². The molecule has 0 aliphatic carbocycles. The molecular weight excluding hydrogens is 276 g/mol. The standard InChI is InChI=1S/C14H10N2O3S/c1-7-2-3-8-5-9(12(17)15-10(8)4-7)6-11-13(18)16-14(19)20-11/h2-6,18H,1H3,(H,16,19)/b9-6-. The molecule has 1 aliphatic heterocycles. The Labute approximate surface area is 117 Å². The Kier molecular flexibility index (Phi) is 2.87. The quantitative estimate of drug-likeness (QED) is 0.748. The molecule has 20 heavy (non-hydrogen) atoms. The van der Waals surface area contributed by atoms with Crippen LogP contribution in [0.3, 0.4) is 0 Å². The molecule has 2 aromatic rings. The van der Waals surface area contributed by atoms with E-state index in [-0.39, 0.29) is 16.7 Å². The van der Waals surface area contributed by atoms with Crippen molar-refractivity contribution in [3.8, 4) is 5.88 Å². The average Bonchev–Trinajstić information content (AvgIpc) is 2.69. The van der Waals surface area contributed by atoms with Crippen molar-refractivity contribution in [2.24, 2.45) is 4.99 Å². The van der Waals surface area contributed by atoms with Crippen molar-refractivity contribution in [1.82, 2.24) is 4.98 Å². The molecule has 0 fully saturated rings. The minimum absolute atomic E-state index is 0.233. The first-order valence-electron chi connectivity index (χ1n) is 5.88. The fraction of sp³-hybridized carbons (Fsp3) is 0.0714. The second-order valence-corrected chi connectivity index (χ2v) is 5.47. The Hall–Kier alpha value is -2.47. The van der Waals surface area contributed by atoms with Crippen LogP contribution in [0.15, 0.2) is 33.6 Å². The fourth-order valence-electron chi connectivity index (χ4n) is 1.95. The van der Waals surface area contributed by atoms with Crippen molar-refractivity contribution in [1.29, 1.82) is 0 Å². The maximum atomic E-state index is 12.0. The van der Waals surface area contributed by atoms with Gasteiger partial charge in [-0.3, -0.25) is 14.6 Å². The SMILES string of the molecule is Cc1ccc2c(c1)=NC(=O)/C(=C\c1sc(=O)[nH]c1O)C=2. The van der Waals surface area contributed by atoms with Crippen molar-refractivity contribution in [2.45, 2.75) is 6.92 Å². The number of fused-ring (bicyclic) bond motifs is 1. The fourth-order valence-corrected chi connectivity index (χ4v) is 2.63. The summed E-state index contributed by atoms with van der Waals surface area (Å²) in [5.74, 6) is -0.619. The second kappa shape index (κ2) is 4.57. The van der Waals surface area contributed by atoms with Gasteiger partial charge in [-0.2, -0.15) is 0 Å². The van der Waals surface area contributed by atoms with Crippen molar-refractivity contribution in [2.75, 3.05) is 0 Å². The molecule has 0 atom stereocenters. The summed E-state index contributed by atoms with van der Waals surface area (Å²) >= 11 is 0.842. The van der Waals surface area contributed by atoms with E-state index in [0.29, 0.717) is 15.8 Å². The zero-order valence-corrected chi connectivity index (χ0v) is 11.3. The van der Waals surface area contributed by atoms with E-state index >= 15 is 0 Å². The van der Waals surface area contributed by atoms with E-state index in [9.17, 15) is 14.7 Å². The highest BCUT2D eigenvalue weighted by Gasteiger charge is 2.13. The lowest BCUT2D eigenvalue weighted by Gasteiger charge is -2.03. The van der Waals surface area contributed by atoms with E-state index in [4.69, 9.17) is 0 Å². The van der Waals surface area contributed by atoms with Gasteiger partial charge < -0.3 is 5.11 Å². The van der Waals surface area contributed by atoms with Gasteiger partial charge in [0.25, 0.3) is 5.91 Å². The van der Waals surface area contributed by atoms with E-state index < -0.39 is 0 Å². The lowest BCUT2D eigenvalue weighted by Crippen LogP contribution is -2.30. The molecule has 0 radical (unpaired) electrons. The maximum Gasteiger partial charge on any atom is 0.307 e. The summed E-state index contributed by atoms with van der Waals surface area (Å²) in [6.45, 7) is 1.93. The maximum absolute atomic E-state index is 12.0. The number of hydrogen-bond donors (Lipinski definition) is 2. The van der Waals surface area contributed by atoms with Gasteiger partial charge in [0.1, 0.15) is 0 Å². The number of aromatic hydroxyl groups is 1. The molecule has 1 aliphatic rings. The molecule has 2 N–H and O–H groups in total. The highest BCUT2D eigenvalue weighted by Crippen LogP contribution is 2.20. The van der Waals surface area contributed by atoms with Gasteiger partial charge in [-0.25, -0.2) is 4.99 Å². The van der Waals surface area contributed by atoms with Crippen molar-refractivity contribution < 1.29 is 9.90 Å². The van der Waals surface area contributed by atoms with Gasteiger partial charge in [-0.15, -0.1) is 0 Å². The van der Waals surface area contributed by atoms with Crippen LogP contribution in [0, 0.1) is 6.92 Å². The van der Waals surface area contributed by atoms with Gasteiger partial charge in [0, 0.05) is 10.8 Å². The van der Waals surface area contributed by atoms with Crippen LogP contribution in [0.1, 0.15) is 10.4 Å². The number of aromatic nitrogens is 1. The van der Waals surface area contributed by atoms with Crippen molar-refractivity contribution in [3.05, 3.63) is 54.5 Å². The smallest absolute Gasteiger partial charge is 0.307 e. The molecule has 6 heteroatoms. The number of benzene rings is 1. The Morgan fingerprint density at radius 2 is 2.15 bits per heavy atom. The zero-order valence-electron chi connectivity index (χ0n) is 10.5. The van der Waals surface area contributed by atoms with E-state index in [1.807, 2.05) is 25.1 Å². The summed E-state index contributed by atoms with van der Waals surface area (Å²) in [6, 6.07) is 5.66. The number of nitrogens with one attached hydrogen (secondary N) is 1. The zero-order chi connectivity index (χ0) is 14.3. The summed E-state index contributed by atoms with van der Waals surface area (Å²) in [7, 11) is 0. The monoisotopic (exact) mass is 286 g/mol. The van der Waals surface area contributed by atoms with E-state index in [1.165, 1.54) is 6.08 Å². The number of rotatable bonds is 1. The number of thiazole rings is 1. The molecule has 1 aromatic carbocycles. The number of carbonyl (C=O) groups is 1. The summed E-state index contributed by atoms with van der Waals surface area (Å²) in [5.41, 5.74) is 1.37. The van der Waals surface area contributed by atoms with Crippen LogP contribution in [0.25, 0.3) is 12.2 Å². The minimum Gasteiger partial charge on any atom is -0.493 e. The van der Waals surface area contributed by atoms with Crippen LogP contribution < -0.4 is 15.4 Å². The number of amides is 1. The van der Waals surface area contributed by atoms with E-state index in [0.717, 1.165) is 22.1 Å². The summed E-state index contributed by atoms with van der Waals surface area (Å²) in [4.78, 5) is 29.3. The van der Waals surface area contributed by atoms with Crippen LogP contribution >= 0.6 is 11.3 Å². The molecule has 0 saturated heterocycles. The lowest BCUT2D eigenvalue weighted by molar-refractivity contribution is -0.114. The molecule has 2 heterocycles. The average molecular weight is 286 g/mol. The predicted molar refractivity (Wildman–Crippen MR) is 76.0 cm³/mol. The van der Waals surface area contributed by atoms with Gasteiger partial charge in [0.05, 0.1) is 10.2 Å². The lowest BCUT2D eigenvalue weighted by atomic mass is 10.1.